The lowest BCUT2D eigenvalue weighted by atomic mass is 10.1. The van der Waals surface area contributed by atoms with Crippen molar-refractivity contribution in [3.8, 4) is 45.7 Å². The number of aryl methyl sites for hydroxylation is 1. The van der Waals surface area contributed by atoms with Crippen molar-refractivity contribution in [1.82, 2.24) is 15.0 Å². The van der Waals surface area contributed by atoms with Crippen LogP contribution in [0.3, 0.4) is 0 Å². The molecule has 0 aliphatic heterocycles. The molecule has 0 atom stereocenters. The Kier molecular flexibility index (Phi) is 5.20. The van der Waals surface area contributed by atoms with Crippen molar-refractivity contribution in [2.75, 3.05) is 14.2 Å². The zero-order chi connectivity index (χ0) is 20.2. The third kappa shape index (κ3) is 4.09. The van der Waals surface area contributed by atoms with Crippen LogP contribution in [0.15, 0.2) is 72.8 Å². The number of aromatic nitrogens is 3. The van der Waals surface area contributed by atoms with Crippen LogP contribution in [-0.4, -0.2) is 29.2 Å². The Balaban J connectivity index is 1.84. The van der Waals surface area contributed by atoms with Crippen molar-refractivity contribution in [3.05, 3.63) is 78.4 Å². The fourth-order valence-electron chi connectivity index (χ4n) is 2.95. The molecule has 144 valence electrons. The Morgan fingerprint density at radius 2 is 0.793 bits per heavy atom. The Labute approximate surface area is 170 Å². The van der Waals surface area contributed by atoms with Gasteiger partial charge in [-0.3, -0.25) is 0 Å². The smallest absolute Gasteiger partial charge is 0.164 e. The molecule has 0 amide bonds. The van der Waals surface area contributed by atoms with Crippen LogP contribution < -0.4 is 9.47 Å². The number of benzene rings is 3. The molecule has 29 heavy (non-hydrogen) atoms. The zero-order valence-electron chi connectivity index (χ0n) is 16.6. The van der Waals surface area contributed by atoms with Crippen molar-refractivity contribution >= 4 is 0 Å². The van der Waals surface area contributed by atoms with Crippen molar-refractivity contribution in [1.29, 1.82) is 0 Å². The Hall–Kier alpha value is -3.73. The number of hydrogen-bond acceptors (Lipinski definition) is 5. The van der Waals surface area contributed by atoms with Crippen LogP contribution in [0.1, 0.15) is 5.56 Å². The summed E-state index contributed by atoms with van der Waals surface area (Å²) in [6, 6.07) is 23.6. The van der Waals surface area contributed by atoms with Crippen LogP contribution in [0.4, 0.5) is 0 Å². The number of rotatable bonds is 5. The fourth-order valence-corrected chi connectivity index (χ4v) is 2.95. The number of hydrogen-bond donors (Lipinski definition) is 0. The van der Waals surface area contributed by atoms with Gasteiger partial charge >= 0.3 is 0 Å². The van der Waals surface area contributed by atoms with Crippen molar-refractivity contribution in [2.45, 2.75) is 6.92 Å². The van der Waals surface area contributed by atoms with Gasteiger partial charge in [0, 0.05) is 16.7 Å². The lowest BCUT2D eigenvalue weighted by molar-refractivity contribution is 0.415. The Morgan fingerprint density at radius 3 is 1.10 bits per heavy atom. The fraction of sp³-hybridized carbons (Fsp3) is 0.125. The molecule has 3 aromatic carbocycles. The molecule has 0 radical (unpaired) electrons. The first kappa shape index (κ1) is 18.6. The van der Waals surface area contributed by atoms with E-state index >= 15 is 0 Å². The summed E-state index contributed by atoms with van der Waals surface area (Å²) < 4.78 is 10.5. The third-order valence-electron chi connectivity index (χ3n) is 4.64. The summed E-state index contributed by atoms with van der Waals surface area (Å²) in [5.74, 6) is 3.44. The van der Waals surface area contributed by atoms with E-state index in [0.29, 0.717) is 17.5 Å². The second kappa shape index (κ2) is 8.10. The molecule has 0 fully saturated rings. The van der Waals surface area contributed by atoms with E-state index in [1.807, 2.05) is 60.7 Å². The van der Waals surface area contributed by atoms with Crippen molar-refractivity contribution in [3.63, 3.8) is 0 Å². The highest BCUT2D eigenvalue weighted by Gasteiger charge is 2.12. The molecule has 1 aromatic heterocycles. The standard InChI is InChI=1S/C24H21N3O2/c1-16-4-6-17(7-5-16)22-25-23(18-8-12-20(28-2)13-9-18)27-24(26-22)19-10-14-21(29-3)15-11-19/h4-15H,1-3H3. The first-order valence-corrected chi connectivity index (χ1v) is 9.28. The van der Waals surface area contributed by atoms with Gasteiger partial charge in [0.15, 0.2) is 17.5 Å². The molecule has 0 saturated carbocycles. The molecule has 5 nitrogen and oxygen atoms in total. The molecule has 4 aromatic rings. The SMILES string of the molecule is COc1ccc(-c2nc(-c3ccc(C)cc3)nc(-c3ccc(OC)cc3)n2)cc1. The van der Waals surface area contributed by atoms with Gasteiger partial charge in [0.1, 0.15) is 11.5 Å². The molecule has 0 bridgehead atoms. The molecule has 0 unspecified atom stereocenters. The van der Waals surface area contributed by atoms with E-state index in [-0.39, 0.29) is 0 Å². The first-order chi connectivity index (χ1) is 14.2. The summed E-state index contributed by atoms with van der Waals surface area (Å²) in [6.07, 6.45) is 0. The average Bonchev–Trinajstić information content (AvgIpc) is 2.79. The van der Waals surface area contributed by atoms with Gasteiger partial charge in [0.2, 0.25) is 0 Å². The van der Waals surface area contributed by atoms with Gasteiger partial charge in [-0.05, 0) is 55.5 Å². The molecule has 0 aliphatic rings. The van der Waals surface area contributed by atoms with Crippen molar-refractivity contribution < 1.29 is 9.47 Å². The number of ether oxygens (including phenoxy) is 2. The van der Waals surface area contributed by atoms with Crippen LogP contribution in [0.5, 0.6) is 11.5 Å². The minimum Gasteiger partial charge on any atom is -0.497 e. The van der Waals surface area contributed by atoms with E-state index in [1.165, 1.54) is 5.56 Å². The Bertz CT molecular complexity index is 1040. The largest absolute Gasteiger partial charge is 0.497 e. The van der Waals surface area contributed by atoms with Crippen LogP contribution in [-0.2, 0) is 0 Å². The van der Waals surface area contributed by atoms with Gasteiger partial charge in [-0.1, -0.05) is 29.8 Å². The highest BCUT2D eigenvalue weighted by Crippen LogP contribution is 2.26. The van der Waals surface area contributed by atoms with Gasteiger partial charge < -0.3 is 9.47 Å². The topological polar surface area (TPSA) is 57.1 Å². The van der Waals surface area contributed by atoms with Gasteiger partial charge in [-0.25, -0.2) is 15.0 Å². The van der Waals surface area contributed by atoms with E-state index in [1.54, 1.807) is 14.2 Å². The molecule has 5 heteroatoms. The van der Waals surface area contributed by atoms with E-state index in [9.17, 15) is 0 Å². The van der Waals surface area contributed by atoms with E-state index in [2.05, 4.69) is 19.1 Å². The maximum absolute atomic E-state index is 5.26. The summed E-state index contributed by atoms with van der Waals surface area (Å²) in [4.78, 5) is 14.2. The normalized spacial score (nSPS) is 10.6. The average molecular weight is 383 g/mol. The van der Waals surface area contributed by atoms with Gasteiger partial charge in [0.05, 0.1) is 14.2 Å². The Morgan fingerprint density at radius 1 is 0.483 bits per heavy atom. The molecule has 0 saturated heterocycles. The second-order valence-corrected chi connectivity index (χ2v) is 6.63. The summed E-state index contributed by atoms with van der Waals surface area (Å²) >= 11 is 0. The van der Waals surface area contributed by atoms with E-state index in [4.69, 9.17) is 24.4 Å². The molecular formula is C24H21N3O2. The molecule has 4 rings (SSSR count). The van der Waals surface area contributed by atoms with E-state index in [0.717, 1.165) is 28.2 Å². The molecule has 0 aliphatic carbocycles. The van der Waals surface area contributed by atoms with Crippen LogP contribution in [0, 0.1) is 6.92 Å². The van der Waals surface area contributed by atoms with E-state index < -0.39 is 0 Å². The molecule has 0 spiro atoms. The van der Waals surface area contributed by atoms with Crippen LogP contribution in [0.2, 0.25) is 0 Å². The third-order valence-corrected chi connectivity index (χ3v) is 4.64. The number of nitrogens with zero attached hydrogens (tertiary/aromatic N) is 3. The predicted octanol–water partition coefficient (Wildman–Crippen LogP) is 5.20. The van der Waals surface area contributed by atoms with Gasteiger partial charge in [0.25, 0.3) is 0 Å². The monoisotopic (exact) mass is 383 g/mol. The summed E-state index contributed by atoms with van der Waals surface area (Å²) in [5.41, 5.74) is 3.93. The molecule has 1 heterocycles. The maximum Gasteiger partial charge on any atom is 0.164 e. The lowest BCUT2D eigenvalue weighted by Crippen LogP contribution is -2.00. The quantitative estimate of drug-likeness (QED) is 0.474. The minimum absolute atomic E-state index is 0.615. The summed E-state index contributed by atoms with van der Waals surface area (Å²) in [7, 11) is 3.30. The van der Waals surface area contributed by atoms with Crippen LogP contribution >= 0.6 is 0 Å². The lowest BCUT2D eigenvalue weighted by Gasteiger charge is -2.09. The summed E-state index contributed by atoms with van der Waals surface area (Å²) in [6.45, 7) is 2.06. The number of methoxy groups -OCH3 is 2. The highest BCUT2D eigenvalue weighted by molar-refractivity contribution is 5.67. The van der Waals surface area contributed by atoms with Crippen LogP contribution in [0.25, 0.3) is 34.2 Å². The maximum atomic E-state index is 5.26. The van der Waals surface area contributed by atoms with Gasteiger partial charge in [-0.15, -0.1) is 0 Å². The minimum atomic E-state index is 0.615. The molecular weight excluding hydrogens is 362 g/mol. The molecule has 0 N–H and O–H groups in total. The highest BCUT2D eigenvalue weighted by atomic mass is 16.5. The summed E-state index contributed by atoms with van der Waals surface area (Å²) in [5, 5.41) is 0. The van der Waals surface area contributed by atoms with Crippen molar-refractivity contribution in [2.24, 2.45) is 0 Å². The zero-order valence-corrected chi connectivity index (χ0v) is 16.6. The second-order valence-electron chi connectivity index (χ2n) is 6.63. The predicted molar refractivity (Wildman–Crippen MR) is 114 cm³/mol. The first-order valence-electron chi connectivity index (χ1n) is 9.28. The van der Waals surface area contributed by atoms with Gasteiger partial charge in [-0.2, -0.15) is 0 Å².